The van der Waals surface area contributed by atoms with Gasteiger partial charge in [0.05, 0.1) is 6.04 Å². The Balaban J connectivity index is 1.86. The average molecular weight is 225 g/mol. The summed E-state index contributed by atoms with van der Waals surface area (Å²) in [6, 6.07) is -0.437. The maximum Gasteiger partial charge on any atom is 0.242 e. The maximum atomic E-state index is 11.8. The van der Waals surface area contributed by atoms with E-state index in [1.165, 1.54) is 0 Å². The van der Waals surface area contributed by atoms with Gasteiger partial charge in [0, 0.05) is 6.54 Å². The van der Waals surface area contributed by atoms with Crippen molar-refractivity contribution in [1.82, 2.24) is 16.0 Å². The SMILES string of the molecule is O=C1NCCCCC1NC(=O)[C@@H]1CCCN1. The lowest BCUT2D eigenvalue weighted by Crippen LogP contribution is -2.50. The van der Waals surface area contributed by atoms with Crippen LogP contribution in [0.2, 0.25) is 0 Å². The maximum absolute atomic E-state index is 11.8. The highest BCUT2D eigenvalue weighted by molar-refractivity contribution is 5.89. The van der Waals surface area contributed by atoms with E-state index < -0.39 is 0 Å². The fourth-order valence-corrected chi connectivity index (χ4v) is 2.26. The topological polar surface area (TPSA) is 70.2 Å². The van der Waals surface area contributed by atoms with E-state index in [1.807, 2.05) is 0 Å². The van der Waals surface area contributed by atoms with Gasteiger partial charge in [0.15, 0.2) is 0 Å². The summed E-state index contributed by atoms with van der Waals surface area (Å²) in [5.74, 6) is -0.0663. The molecule has 5 heteroatoms. The number of hydrogen-bond acceptors (Lipinski definition) is 3. The lowest BCUT2D eigenvalue weighted by atomic mass is 10.1. The van der Waals surface area contributed by atoms with Crippen molar-refractivity contribution in [1.29, 1.82) is 0 Å². The lowest BCUT2D eigenvalue weighted by Gasteiger charge is -2.18. The summed E-state index contributed by atoms with van der Waals surface area (Å²) in [4.78, 5) is 23.4. The number of carbonyl (C=O) groups is 2. The summed E-state index contributed by atoms with van der Waals surface area (Å²) in [5.41, 5.74) is 0. The molecule has 2 amide bonds. The molecule has 2 aliphatic heterocycles. The minimum Gasteiger partial charge on any atom is -0.354 e. The van der Waals surface area contributed by atoms with Crippen LogP contribution in [0.1, 0.15) is 32.1 Å². The summed E-state index contributed by atoms with van der Waals surface area (Å²) < 4.78 is 0. The molecule has 0 radical (unpaired) electrons. The highest BCUT2D eigenvalue weighted by Gasteiger charge is 2.27. The van der Waals surface area contributed by atoms with Crippen molar-refractivity contribution in [2.24, 2.45) is 0 Å². The Kier molecular flexibility index (Phi) is 3.77. The molecule has 3 N–H and O–H groups in total. The quantitative estimate of drug-likeness (QED) is 0.594. The molecule has 2 atom stereocenters. The minimum absolute atomic E-state index is 0.0282. The van der Waals surface area contributed by atoms with Crippen LogP contribution in [0.25, 0.3) is 0 Å². The number of rotatable bonds is 2. The number of nitrogens with one attached hydrogen (secondary N) is 3. The fourth-order valence-electron chi connectivity index (χ4n) is 2.26. The molecule has 2 fully saturated rings. The zero-order valence-corrected chi connectivity index (χ0v) is 9.42. The summed E-state index contributed by atoms with van der Waals surface area (Å²) in [6.07, 6.45) is 4.65. The van der Waals surface area contributed by atoms with Crippen molar-refractivity contribution in [3.05, 3.63) is 0 Å². The second kappa shape index (κ2) is 5.30. The van der Waals surface area contributed by atoms with Gasteiger partial charge in [0.1, 0.15) is 6.04 Å². The van der Waals surface area contributed by atoms with Gasteiger partial charge in [-0.1, -0.05) is 0 Å². The molecule has 2 rings (SSSR count). The van der Waals surface area contributed by atoms with Crippen LogP contribution < -0.4 is 16.0 Å². The Morgan fingerprint density at radius 1 is 1.19 bits per heavy atom. The third kappa shape index (κ3) is 2.72. The molecule has 0 aromatic carbocycles. The lowest BCUT2D eigenvalue weighted by molar-refractivity contribution is -0.129. The van der Waals surface area contributed by atoms with Gasteiger partial charge in [-0.15, -0.1) is 0 Å². The first-order valence-corrected chi connectivity index (χ1v) is 6.09. The molecule has 0 spiro atoms. The Morgan fingerprint density at radius 3 is 2.81 bits per heavy atom. The standard InChI is InChI=1S/C11H19N3O2/c15-10-9(4-1-2-6-13-10)14-11(16)8-5-3-7-12-8/h8-9,12H,1-7H2,(H,13,15)(H,14,16)/t8-,9?/m0/s1. The molecule has 16 heavy (non-hydrogen) atoms. The van der Waals surface area contributed by atoms with Gasteiger partial charge in [-0.2, -0.15) is 0 Å². The van der Waals surface area contributed by atoms with Gasteiger partial charge in [0.2, 0.25) is 11.8 Å². The van der Waals surface area contributed by atoms with Crippen LogP contribution in [-0.4, -0.2) is 37.0 Å². The Labute approximate surface area is 95.3 Å². The molecule has 1 unspecified atom stereocenters. The smallest absolute Gasteiger partial charge is 0.242 e. The minimum atomic E-state index is -0.336. The molecule has 2 saturated heterocycles. The van der Waals surface area contributed by atoms with Crippen molar-refractivity contribution in [2.45, 2.75) is 44.2 Å². The Hall–Kier alpha value is -1.10. The van der Waals surface area contributed by atoms with Crippen molar-refractivity contribution in [3.8, 4) is 0 Å². The van der Waals surface area contributed by atoms with E-state index in [9.17, 15) is 9.59 Å². The molecule has 0 saturated carbocycles. The van der Waals surface area contributed by atoms with Crippen LogP contribution in [0, 0.1) is 0 Å². The third-order valence-corrected chi connectivity index (χ3v) is 3.23. The van der Waals surface area contributed by atoms with Crippen LogP contribution in [0.15, 0.2) is 0 Å². The molecular formula is C11H19N3O2. The monoisotopic (exact) mass is 225 g/mol. The first-order chi connectivity index (χ1) is 7.77. The summed E-state index contributed by atoms with van der Waals surface area (Å²) >= 11 is 0. The summed E-state index contributed by atoms with van der Waals surface area (Å²) in [6.45, 7) is 1.63. The molecule has 2 heterocycles. The van der Waals surface area contributed by atoms with Gasteiger partial charge >= 0.3 is 0 Å². The zero-order chi connectivity index (χ0) is 11.4. The van der Waals surface area contributed by atoms with Gasteiger partial charge < -0.3 is 16.0 Å². The van der Waals surface area contributed by atoms with Gasteiger partial charge in [-0.3, -0.25) is 9.59 Å². The molecule has 0 aromatic heterocycles. The molecule has 0 aliphatic carbocycles. The van der Waals surface area contributed by atoms with Crippen LogP contribution in [-0.2, 0) is 9.59 Å². The Morgan fingerprint density at radius 2 is 2.06 bits per heavy atom. The average Bonchev–Trinajstić information content (AvgIpc) is 2.73. The zero-order valence-electron chi connectivity index (χ0n) is 9.42. The van der Waals surface area contributed by atoms with Crippen molar-refractivity contribution < 1.29 is 9.59 Å². The molecule has 90 valence electrons. The van der Waals surface area contributed by atoms with Gasteiger partial charge in [-0.25, -0.2) is 0 Å². The molecule has 2 aliphatic rings. The van der Waals surface area contributed by atoms with Crippen molar-refractivity contribution >= 4 is 11.8 Å². The van der Waals surface area contributed by atoms with Crippen LogP contribution in [0.3, 0.4) is 0 Å². The highest BCUT2D eigenvalue weighted by Crippen LogP contribution is 2.08. The molecule has 5 nitrogen and oxygen atoms in total. The van der Waals surface area contributed by atoms with E-state index in [-0.39, 0.29) is 23.9 Å². The first-order valence-electron chi connectivity index (χ1n) is 6.09. The van der Waals surface area contributed by atoms with Gasteiger partial charge in [0.25, 0.3) is 0 Å². The third-order valence-electron chi connectivity index (χ3n) is 3.23. The van der Waals surface area contributed by atoms with E-state index in [4.69, 9.17) is 0 Å². The summed E-state index contributed by atoms with van der Waals surface area (Å²) in [7, 11) is 0. The van der Waals surface area contributed by atoms with E-state index in [2.05, 4.69) is 16.0 Å². The second-order valence-corrected chi connectivity index (χ2v) is 4.50. The largest absolute Gasteiger partial charge is 0.354 e. The van der Waals surface area contributed by atoms with Crippen LogP contribution >= 0.6 is 0 Å². The van der Waals surface area contributed by atoms with E-state index in [0.29, 0.717) is 0 Å². The first kappa shape index (κ1) is 11.4. The van der Waals surface area contributed by atoms with E-state index in [0.717, 1.165) is 45.2 Å². The number of carbonyl (C=O) groups excluding carboxylic acids is 2. The Bertz CT molecular complexity index is 274. The van der Waals surface area contributed by atoms with Crippen molar-refractivity contribution in [3.63, 3.8) is 0 Å². The van der Waals surface area contributed by atoms with Crippen LogP contribution in [0.5, 0.6) is 0 Å². The highest BCUT2D eigenvalue weighted by atomic mass is 16.2. The van der Waals surface area contributed by atoms with Crippen molar-refractivity contribution in [2.75, 3.05) is 13.1 Å². The van der Waals surface area contributed by atoms with E-state index >= 15 is 0 Å². The molecule has 0 aromatic rings. The number of hydrogen-bond donors (Lipinski definition) is 3. The predicted molar refractivity (Wildman–Crippen MR) is 59.8 cm³/mol. The second-order valence-electron chi connectivity index (χ2n) is 4.50. The summed E-state index contributed by atoms with van der Waals surface area (Å²) in [5, 5.41) is 8.79. The van der Waals surface area contributed by atoms with Crippen LogP contribution in [0.4, 0.5) is 0 Å². The predicted octanol–water partition coefficient (Wildman–Crippen LogP) is -0.477. The molecular weight excluding hydrogens is 206 g/mol. The fraction of sp³-hybridized carbons (Fsp3) is 0.818. The van der Waals surface area contributed by atoms with Gasteiger partial charge in [-0.05, 0) is 38.6 Å². The molecule has 0 bridgehead atoms. The van der Waals surface area contributed by atoms with E-state index in [1.54, 1.807) is 0 Å². The normalized spacial score (nSPS) is 30.6. The number of amides is 2.